The molecule has 8 aromatic rings. The molecule has 2 amide bonds. The Morgan fingerprint density at radius 3 is 1.63 bits per heavy atom. The maximum Gasteiger partial charge on any atom is 0.411 e. The Hall–Kier alpha value is -8.39. The molecule has 12 rings (SSSR count). The smallest absolute Gasteiger partial charge is 0.411 e. The lowest BCUT2D eigenvalue weighted by molar-refractivity contribution is 0.111. The number of hydrogen-bond donors (Lipinski definition) is 3. The number of imidazole rings is 2. The van der Waals surface area contributed by atoms with Crippen LogP contribution in [-0.2, 0) is 43.0 Å². The highest BCUT2D eigenvalue weighted by atomic mass is 16.6. The van der Waals surface area contributed by atoms with Crippen molar-refractivity contribution in [2.24, 2.45) is 14.1 Å². The summed E-state index contributed by atoms with van der Waals surface area (Å²) in [5, 5.41) is 9.09. The fourth-order valence-corrected chi connectivity index (χ4v) is 9.80. The maximum atomic E-state index is 12.7. The quantitative estimate of drug-likeness (QED) is 0.0951. The van der Waals surface area contributed by atoms with Crippen molar-refractivity contribution < 1.29 is 25.3 Å². The third-order valence-corrected chi connectivity index (χ3v) is 13.0. The highest BCUT2D eigenvalue weighted by Gasteiger charge is 2.31. The van der Waals surface area contributed by atoms with Crippen LogP contribution < -0.4 is 20.9 Å². The second-order valence-electron chi connectivity index (χ2n) is 17.6. The predicted octanol–water partition coefficient (Wildman–Crippen LogP) is 11.1. The molecule has 2 aliphatic heterocycles. The molecule has 0 unspecified atom stereocenters. The lowest BCUT2D eigenvalue weighted by atomic mass is 9.98. The van der Waals surface area contributed by atoms with E-state index in [1.165, 1.54) is 55.6 Å². The maximum absolute atomic E-state index is 12.7. The van der Waals surface area contributed by atoms with E-state index in [4.69, 9.17) is 9.47 Å². The van der Waals surface area contributed by atoms with E-state index < -0.39 is 12.2 Å². The molecular weight excluding hydrogens is 887 g/mol. The van der Waals surface area contributed by atoms with Crippen LogP contribution in [-0.4, -0.2) is 72.3 Å². The Morgan fingerprint density at radius 2 is 1.15 bits per heavy atom. The molecule has 6 aromatic carbocycles. The SMILES string of the molecule is C.Cn1cnc(C=O)c1.Cn1cnc(CN2CCc3ccc(NC(=O)OCC4c5ccccc5-c5ccccc54)cc32)c1.O=C(Nc1ccc2c(c1)NCC2)OCC1c2ccccc2-c2ccccc21.[2HH].[B]. The fraction of sp³-hybridized carbons (Fsp3) is 0.211. The van der Waals surface area contributed by atoms with Crippen molar-refractivity contribution in [2.45, 2.75) is 38.6 Å². The van der Waals surface area contributed by atoms with Crippen LogP contribution in [0.15, 0.2) is 159 Å². The van der Waals surface area contributed by atoms with Gasteiger partial charge in [-0.1, -0.05) is 117 Å². The van der Waals surface area contributed by atoms with Crippen LogP contribution in [0.25, 0.3) is 22.3 Å². The van der Waals surface area contributed by atoms with Gasteiger partial charge in [0.2, 0.25) is 0 Å². The fourth-order valence-electron chi connectivity index (χ4n) is 9.80. The van der Waals surface area contributed by atoms with Gasteiger partial charge in [0.05, 0.1) is 24.9 Å². The van der Waals surface area contributed by atoms with Crippen LogP contribution in [0.2, 0.25) is 0 Å². The summed E-state index contributed by atoms with van der Waals surface area (Å²) in [6, 6.07) is 45.4. The van der Waals surface area contributed by atoms with Gasteiger partial charge in [-0.2, -0.15) is 0 Å². The van der Waals surface area contributed by atoms with Crippen LogP contribution in [0.1, 0.15) is 70.3 Å². The first-order valence-electron chi connectivity index (χ1n) is 23.2. The molecule has 2 aromatic heterocycles. The monoisotopic (exact) mass is 946 g/mol. The molecule has 13 nitrogen and oxygen atoms in total. The van der Waals surface area contributed by atoms with Gasteiger partial charge in [0, 0.05) is 84.0 Å². The van der Waals surface area contributed by atoms with E-state index >= 15 is 0 Å². The number of nitrogens with one attached hydrogen (secondary N) is 3. The van der Waals surface area contributed by atoms with Gasteiger partial charge in [-0.3, -0.25) is 15.4 Å². The average Bonchev–Trinajstić information content (AvgIpc) is 4.25. The molecule has 4 aliphatic rings. The minimum absolute atomic E-state index is 0. The van der Waals surface area contributed by atoms with Crippen molar-refractivity contribution in [3.8, 4) is 22.3 Å². The molecular formula is C57H58BN8O5. The number of rotatable bonds is 9. The van der Waals surface area contributed by atoms with Gasteiger partial charge >= 0.3 is 12.2 Å². The molecule has 14 heteroatoms. The van der Waals surface area contributed by atoms with Crippen molar-refractivity contribution in [3.63, 3.8) is 0 Å². The minimum Gasteiger partial charge on any atom is -0.448 e. The van der Waals surface area contributed by atoms with Crippen LogP contribution in [0, 0.1) is 0 Å². The summed E-state index contributed by atoms with van der Waals surface area (Å²) in [5.41, 5.74) is 17.5. The molecule has 0 saturated carbocycles. The molecule has 3 radical (unpaired) electrons. The summed E-state index contributed by atoms with van der Waals surface area (Å²) in [7, 11) is 3.80. The topological polar surface area (TPSA) is 145 Å². The first kappa shape index (κ1) is 49.1. The third kappa shape index (κ3) is 10.8. The second kappa shape index (κ2) is 21.9. The number of aldehydes is 1. The number of carbonyl (C=O) groups excluding carboxylic acids is 3. The zero-order valence-electron chi connectivity index (χ0n) is 39.0. The lowest BCUT2D eigenvalue weighted by Gasteiger charge is -2.19. The predicted molar refractivity (Wildman–Crippen MR) is 284 cm³/mol. The number of benzene rings is 6. The van der Waals surface area contributed by atoms with E-state index in [2.05, 4.69) is 104 Å². The highest BCUT2D eigenvalue weighted by Crippen LogP contribution is 2.46. The Balaban J connectivity index is 0.000000179. The van der Waals surface area contributed by atoms with E-state index in [0.29, 0.717) is 18.9 Å². The van der Waals surface area contributed by atoms with Gasteiger partial charge in [0.25, 0.3) is 0 Å². The van der Waals surface area contributed by atoms with Gasteiger partial charge < -0.3 is 28.8 Å². The normalized spacial score (nSPS) is 13.1. The molecule has 0 bridgehead atoms. The summed E-state index contributed by atoms with van der Waals surface area (Å²) < 4.78 is 15.0. The number of anilines is 4. The Bertz CT molecular complexity index is 3100. The standard InChI is InChI=1S/C28H26N4O2.C23H20N2O2.C5H6N2O.CH4.B.H2/c1-31-15-21(29-18-31)16-32-13-12-19-10-11-20(14-27(19)32)30-28(33)34-17-26-24-8-4-2-6-22(24)23-7-3-5-9-25(23)26;26-23(25-16-10-9-15-11-12-24-22(15)13-16)27-14-21-19-7-3-1-5-17(19)18-6-2-4-8-20(18)21;1-7-2-5(3-8)6-4-7;;;/h2-11,14-15,18,26H,12-13,16-17H2,1H3,(H,30,33);1-10,13,21,24H,11-12,14H2,(H,25,26);2-4H,1H3;1H4;;1H/i;;;;;1+1. The zero-order valence-corrected chi connectivity index (χ0v) is 39.0. The Kier molecular flexibility index (Phi) is 15.1. The molecule has 2 aliphatic carbocycles. The number of nitrogens with zero attached hydrogens (tertiary/aromatic N) is 5. The number of fused-ring (bicyclic) bond motifs is 8. The molecule has 359 valence electrons. The number of aryl methyl sites for hydroxylation is 2. The summed E-state index contributed by atoms with van der Waals surface area (Å²) in [5.74, 6) is 0.122. The third-order valence-electron chi connectivity index (χ3n) is 13.0. The number of aromatic nitrogens is 4. The van der Waals surface area contributed by atoms with Crippen LogP contribution in [0.4, 0.5) is 32.3 Å². The number of amides is 2. The summed E-state index contributed by atoms with van der Waals surface area (Å²) in [6.07, 6.45) is 8.99. The summed E-state index contributed by atoms with van der Waals surface area (Å²) >= 11 is 0. The van der Waals surface area contributed by atoms with E-state index in [1.807, 2.05) is 91.9 Å². The Labute approximate surface area is 418 Å². The van der Waals surface area contributed by atoms with Gasteiger partial charge in [0.1, 0.15) is 18.9 Å². The first-order valence-corrected chi connectivity index (χ1v) is 23.2. The molecule has 0 saturated heterocycles. The Morgan fingerprint density at radius 1 is 0.662 bits per heavy atom. The van der Waals surface area contributed by atoms with Gasteiger partial charge in [0.15, 0.2) is 6.29 Å². The van der Waals surface area contributed by atoms with E-state index in [9.17, 15) is 14.4 Å². The minimum atomic E-state index is -0.434. The van der Waals surface area contributed by atoms with Gasteiger partial charge in [-0.05, 0) is 92.7 Å². The van der Waals surface area contributed by atoms with Crippen LogP contribution >= 0.6 is 0 Å². The van der Waals surface area contributed by atoms with Crippen molar-refractivity contribution in [2.75, 3.05) is 47.2 Å². The molecule has 3 N–H and O–H groups in total. The van der Waals surface area contributed by atoms with Crippen LogP contribution in [0.3, 0.4) is 0 Å². The molecule has 71 heavy (non-hydrogen) atoms. The molecule has 0 fully saturated rings. The zero-order chi connectivity index (χ0) is 47.3. The van der Waals surface area contributed by atoms with Crippen LogP contribution in [0.5, 0.6) is 0 Å². The lowest BCUT2D eigenvalue weighted by Crippen LogP contribution is -2.20. The van der Waals surface area contributed by atoms with Gasteiger partial charge in [-0.15, -0.1) is 0 Å². The molecule has 0 spiro atoms. The average molecular weight is 947 g/mol. The van der Waals surface area contributed by atoms with Gasteiger partial charge in [-0.25, -0.2) is 19.6 Å². The number of ether oxygens (including phenoxy) is 2. The highest BCUT2D eigenvalue weighted by molar-refractivity contribution is 5.87. The van der Waals surface area contributed by atoms with E-state index in [1.54, 1.807) is 17.1 Å². The molecule has 4 heterocycles. The largest absolute Gasteiger partial charge is 0.448 e. The van der Waals surface area contributed by atoms with E-state index in [0.717, 1.165) is 67.2 Å². The number of carbonyl (C=O) groups is 3. The first-order chi connectivity index (χ1) is 33.8. The van der Waals surface area contributed by atoms with Crippen molar-refractivity contribution in [1.29, 1.82) is 0 Å². The summed E-state index contributed by atoms with van der Waals surface area (Å²) in [6.45, 7) is 3.27. The second-order valence-corrected chi connectivity index (χ2v) is 17.6. The van der Waals surface area contributed by atoms with Crippen molar-refractivity contribution in [1.82, 2.24) is 19.1 Å². The molecule has 0 atom stereocenters. The number of hydrogen-bond acceptors (Lipinski definition) is 9. The summed E-state index contributed by atoms with van der Waals surface area (Å²) in [4.78, 5) is 45.5. The van der Waals surface area contributed by atoms with Crippen molar-refractivity contribution >= 4 is 49.6 Å². The van der Waals surface area contributed by atoms with Crippen molar-refractivity contribution in [3.05, 3.63) is 203 Å². The van der Waals surface area contributed by atoms with E-state index in [-0.39, 0.29) is 29.1 Å².